The molecule has 2 aromatic heterocycles. The van der Waals surface area contributed by atoms with Gasteiger partial charge in [-0.3, -0.25) is 0 Å². The molecule has 2 heterocycles. The zero-order valence-corrected chi connectivity index (χ0v) is 11.3. The number of aromatic amines is 1. The Kier molecular flexibility index (Phi) is 3.16. The number of fused-ring (bicyclic) bond motifs is 1. The molecule has 0 unspecified atom stereocenters. The summed E-state index contributed by atoms with van der Waals surface area (Å²) in [4.78, 5) is 13.5. The molecule has 0 fully saturated rings. The Morgan fingerprint density at radius 3 is 2.92 bits per heavy atom. The molecule has 12 heavy (non-hydrogen) atoms. The third-order valence-electron chi connectivity index (χ3n) is 1.27. The molecule has 0 saturated carbocycles. The Hall–Kier alpha value is -0.0448. The number of imidazole rings is 1. The minimum Gasteiger partial charge on any atom is -0.857 e. The summed E-state index contributed by atoms with van der Waals surface area (Å²) < 4.78 is 0. The molecule has 0 aliphatic carbocycles. The van der Waals surface area contributed by atoms with E-state index in [0.717, 1.165) is 0 Å². The van der Waals surface area contributed by atoms with Crippen LogP contribution in [-0.2, 0) is 0 Å². The fourth-order valence-electron chi connectivity index (χ4n) is 0.823. The van der Waals surface area contributed by atoms with E-state index < -0.39 is 5.88 Å². The average molecular weight is 236 g/mol. The number of nitrogens with zero attached hydrogens (tertiary/aromatic N) is 3. The van der Waals surface area contributed by atoms with E-state index in [1.807, 2.05) is 0 Å². The molecule has 0 aliphatic heterocycles. The minimum atomic E-state index is -0.426. The molecular formula is C5H4N5ORb. The number of aromatic nitrogens is 4. The van der Waals surface area contributed by atoms with Crippen LogP contribution in [-0.4, -0.2) is 19.9 Å². The van der Waals surface area contributed by atoms with Crippen LogP contribution >= 0.6 is 0 Å². The summed E-state index contributed by atoms with van der Waals surface area (Å²) in [5, 5.41) is 11.0. The van der Waals surface area contributed by atoms with Crippen LogP contribution in [0.1, 0.15) is 0 Å². The number of hydrogen-bond donors (Lipinski definition) is 2. The van der Waals surface area contributed by atoms with E-state index >= 15 is 0 Å². The molecule has 6 nitrogen and oxygen atoms in total. The molecule has 7 heteroatoms. The molecule has 3 N–H and O–H groups in total. The van der Waals surface area contributed by atoms with Gasteiger partial charge in [0.2, 0.25) is 5.95 Å². The monoisotopic (exact) mass is 235 g/mol. The Bertz CT molecular complexity index is 400. The van der Waals surface area contributed by atoms with Gasteiger partial charge in [0.15, 0.2) is 5.65 Å². The van der Waals surface area contributed by atoms with Gasteiger partial charge in [-0.2, -0.15) is 4.98 Å². The second-order valence-corrected chi connectivity index (χ2v) is 1.99. The van der Waals surface area contributed by atoms with E-state index in [0.29, 0.717) is 11.2 Å². The molecule has 56 valence electrons. The first-order valence-corrected chi connectivity index (χ1v) is 2.91. The van der Waals surface area contributed by atoms with Crippen LogP contribution in [0.2, 0.25) is 0 Å². The van der Waals surface area contributed by atoms with E-state index in [1.54, 1.807) is 0 Å². The Morgan fingerprint density at radius 1 is 1.42 bits per heavy atom. The molecule has 0 amide bonds. The first kappa shape index (κ1) is 10.0. The molecule has 0 aromatic carbocycles. The summed E-state index contributed by atoms with van der Waals surface area (Å²) in [7, 11) is 0. The van der Waals surface area contributed by atoms with Crippen LogP contribution < -0.4 is 69.0 Å². The van der Waals surface area contributed by atoms with Gasteiger partial charge < -0.3 is 15.8 Å². The van der Waals surface area contributed by atoms with Gasteiger partial charge in [-0.05, 0) is 0 Å². The van der Waals surface area contributed by atoms with Crippen LogP contribution in [0, 0.1) is 0 Å². The largest absolute Gasteiger partial charge is 1.00 e. The summed E-state index contributed by atoms with van der Waals surface area (Å²) in [5.74, 6) is -0.473. The van der Waals surface area contributed by atoms with Gasteiger partial charge in [0.25, 0.3) is 0 Å². The Labute approximate surface area is 116 Å². The zero-order valence-electron chi connectivity index (χ0n) is 6.40. The summed E-state index contributed by atoms with van der Waals surface area (Å²) in [6.45, 7) is 0. The smallest absolute Gasteiger partial charge is 0.857 e. The van der Waals surface area contributed by atoms with Crippen molar-refractivity contribution in [1.82, 2.24) is 19.9 Å². The Balaban J connectivity index is 0.000000720. The second-order valence-electron chi connectivity index (χ2n) is 1.99. The van der Waals surface area contributed by atoms with Crippen molar-refractivity contribution in [3.8, 4) is 5.88 Å². The molecule has 0 atom stereocenters. The summed E-state index contributed by atoms with van der Waals surface area (Å²) >= 11 is 0. The van der Waals surface area contributed by atoms with Crippen molar-refractivity contribution in [2.24, 2.45) is 0 Å². The zero-order chi connectivity index (χ0) is 7.84. The van der Waals surface area contributed by atoms with E-state index in [-0.39, 0.29) is 64.1 Å². The van der Waals surface area contributed by atoms with Crippen molar-refractivity contribution >= 4 is 17.1 Å². The van der Waals surface area contributed by atoms with Crippen LogP contribution in [0.3, 0.4) is 0 Å². The fraction of sp³-hybridized carbons (Fsp3) is 0. The van der Waals surface area contributed by atoms with E-state index in [2.05, 4.69) is 19.9 Å². The van der Waals surface area contributed by atoms with Gasteiger partial charge >= 0.3 is 58.2 Å². The SMILES string of the molecule is Nc1nc([O-])c2[nH]cnc2n1.[Rb+]. The minimum absolute atomic E-state index is 0. The van der Waals surface area contributed by atoms with Gasteiger partial charge in [-0.1, -0.05) is 0 Å². The first-order chi connectivity index (χ1) is 5.27. The van der Waals surface area contributed by atoms with Gasteiger partial charge in [0.1, 0.15) is 0 Å². The number of nitrogens with two attached hydrogens (primary N) is 1. The molecular weight excluding hydrogens is 232 g/mol. The van der Waals surface area contributed by atoms with E-state index in [4.69, 9.17) is 5.73 Å². The third kappa shape index (κ3) is 1.66. The van der Waals surface area contributed by atoms with Crippen molar-refractivity contribution in [3.63, 3.8) is 0 Å². The Morgan fingerprint density at radius 2 is 2.17 bits per heavy atom. The number of nitrogen functional groups attached to an aromatic ring is 1. The van der Waals surface area contributed by atoms with E-state index in [1.165, 1.54) is 6.33 Å². The number of anilines is 1. The molecule has 2 aromatic rings. The molecule has 0 bridgehead atoms. The third-order valence-corrected chi connectivity index (χ3v) is 1.27. The van der Waals surface area contributed by atoms with E-state index in [9.17, 15) is 5.11 Å². The van der Waals surface area contributed by atoms with Gasteiger partial charge in [0, 0.05) is 5.88 Å². The van der Waals surface area contributed by atoms with Crippen molar-refractivity contribution in [2.45, 2.75) is 0 Å². The number of nitrogens with one attached hydrogen (secondary N) is 1. The molecule has 2 rings (SSSR count). The standard InChI is InChI=1S/C5H5N5O.Rb/c6-5-9-3-2(4(11)10-5)7-1-8-3;/h1H,(H4,6,7,8,9,10,11);/q;+1/p-1. The van der Waals surface area contributed by atoms with Crippen molar-refractivity contribution in [3.05, 3.63) is 6.33 Å². The van der Waals surface area contributed by atoms with Crippen molar-refractivity contribution in [1.29, 1.82) is 0 Å². The van der Waals surface area contributed by atoms with Crippen LogP contribution in [0.25, 0.3) is 11.2 Å². The maximum Gasteiger partial charge on any atom is 1.00 e. The maximum absolute atomic E-state index is 11.0. The topological polar surface area (TPSA) is 104 Å². The number of H-pyrrole nitrogens is 1. The first-order valence-electron chi connectivity index (χ1n) is 2.91. The summed E-state index contributed by atoms with van der Waals surface area (Å²) in [6, 6.07) is 0. The van der Waals surface area contributed by atoms with Crippen LogP contribution in [0.4, 0.5) is 5.95 Å². The number of hydrogen-bond acceptors (Lipinski definition) is 5. The quantitative estimate of drug-likeness (QED) is 0.485. The maximum atomic E-state index is 11.0. The summed E-state index contributed by atoms with van der Waals surface area (Å²) in [6.07, 6.45) is 1.38. The predicted octanol–water partition coefficient (Wildman–Crippen LogP) is -3.99. The molecule has 0 saturated heterocycles. The van der Waals surface area contributed by atoms with Crippen LogP contribution in [0.5, 0.6) is 5.88 Å². The van der Waals surface area contributed by atoms with Crippen LogP contribution in [0.15, 0.2) is 6.33 Å². The number of rotatable bonds is 0. The van der Waals surface area contributed by atoms with Gasteiger partial charge in [0.05, 0.1) is 11.8 Å². The average Bonchev–Trinajstić information content (AvgIpc) is 2.34. The van der Waals surface area contributed by atoms with Crippen molar-refractivity contribution in [2.75, 3.05) is 5.73 Å². The second kappa shape index (κ2) is 3.78. The predicted molar refractivity (Wildman–Crippen MR) is 35.5 cm³/mol. The summed E-state index contributed by atoms with van der Waals surface area (Å²) in [5.41, 5.74) is 5.81. The van der Waals surface area contributed by atoms with Crippen molar-refractivity contribution < 1.29 is 63.3 Å². The van der Waals surface area contributed by atoms with Gasteiger partial charge in [-0.15, -0.1) is 0 Å². The molecule has 0 radical (unpaired) electrons. The molecule has 0 spiro atoms. The van der Waals surface area contributed by atoms with Gasteiger partial charge in [-0.25, -0.2) is 9.97 Å². The normalized spacial score (nSPS) is 9.67. The fourth-order valence-corrected chi connectivity index (χ4v) is 0.823. The molecule has 0 aliphatic rings.